The standard InChI is InChI=1S/C7H6O3/c1-2-7(9)10-6-4-3-5-8/h1,3-5H,6H2/b4-3+. The molecule has 0 amide bonds. The molecule has 0 unspecified atom stereocenters. The van der Waals surface area contributed by atoms with E-state index in [9.17, 15) is 9.59 Å². The fourth-order valence-electron chi connectivity index (χ4n) is 0.277. The maximum atomic E-state index is 10.2. The van der Waals surface area contributed by atoms with Crippen molar-refractivity contribution in [2.75, 3.05) is 6.61 Å². The molecule has 0 radical (unpaired) electrons. The van der Waals surface area contributed by atoms with Crippen LogP contribution < -0.4 is 0 Å². The second-order valence-electron chi connectivity index (χ2n) is 1.31. The van der Waals surface area contributed by atoms with Crippen molar-refractivity contribution in [1.82, 2.24) is 0 Å². The van der Waals surface area contributed by atoms with Gasteiger partial charge < -0.3 is 4.74 Å². The maximum Gasteiger partial charge on any atom is 0.384 e. The molecule has 0 heterocycles. The third-order valence-corrected chi connectivity index (χ3v) is 0.643. The summed E-state index contributed by atoms with van der Waals surface area (Å²) in [4.78, 5) is 19.8. The Labute approximate surface area is 58.7 Å². The topological polar surface area (TPSA) is 43.4 Å². The normalized spacial score (nSPS) is 8.70. The molecule has 3 nitrogen and oxygen atoms in total. The van der Waals surface area contributed by atoms with Crippen LogP contribution in [0.25, 0.3) is 0 Å². The highest BCUT2D eigenvalue weighted by Gasteiger charge is 1.89. The van der Waals surface area contributed by atoms with Crippen molar-refractivity contribution in [2.45, 2.75) is 0 Å². The number of carbonyl (C=O) groups is 2. The predicted molar refractivity (Wildman–Crippen MR) is 35.0 cm³/mol. The first kappa shape index (κ1) is 8.44. The summed E-state index contributed by atoms with van der Waals surface area (Å²) in [6.45, 7) is 0.0434. The van der Waals surface area contributed by atoms with Crippen LogP contribution in [0.1, 0.15) is 0 Å². The summed E-state index contributed by atoms with van der Waals surface area (Å²) in [5, 5.41) is 0. The van der Waals surface area contributed by atoms with Crippen LogP contribution in [-0.2, 0) is 14.3 Å². The summed E-state index contributed by atoms with van der Waals surface area (Å²) in [5.41, 5.74) is 0. The lowest BCUT2D eigenvalue weighted by Crippen LogP contribution is -1.99. The number of rotatable bonds is 3. The van der Waals surface area contributed by atoms with Crippen LogP contribution in [-0.4, -0.2) is 18.9 Å². The second kappa shape index (κ2) is 5.57. The van der Waals surface area contributed by atoms with Crippen LogP contribution in [0.2, 0.25) is 0 Å². The molecular formula is C7H6O3. The molecule has 0 aromatic rings. The van der Waals surface area contributed by atoms with Crippen molar-refractivity contribution in [1.29, 1.82) is 0 Å². The zero-order valence-corrected chi connectivity index (χ0v) is 5.24. The van der Waals surface area contributed by atoms with Crippen LogP contribution in [0.5, 0.6) is 0 Å². The van der Waals surface area contributed by atoms with E-state index in [1.54, 1.807) is 5.92 Å². The Kier molecular flexibility index (Phi) is 4.70. The molecule has 10 heavy (non-hydrogen) atoms. The minimum atomic E-state index is -0.726. The van der Waals surface area contributed by atoms with Gasteiger partial charge in [-0.3, -0.25) is 4.79 Å². The minimum absolute atomic E-state index is 0.0434. The molecule has 0 aliphatic carbocycles. The van der Waals surface area contributed by atoms with Crippen molar-refractivity contribution >= 4 is 12.3 Å². The number of hydrogen-bond acceptors (Lipinski definition) is 3. The first-order valence-corrected chi connectivity index (χ1v) is 2.55. The van der Waals surface area contributed by atoms with Gasteiger partial charge in [0.05, 0.1) is 0 Å². The fraction of sp³-hybridized carbons (Fsp3) is 0.143. The average Bonchev–Trinajstić information content (AvgIpc) is 1.98. The molecule has 0 aromatic heterocycles. The summed E-state index contributed by atoms with van der Waals surface area (Å²) in [7, 11) is 0. The van der Waals surface area contributed by atoms with E-state index in [4.69, 9.17) is 0 Å². The summed E-state index contributed by atoms with van der Waals surface area (Å²) in [6.07, 6.45) is 7.87. The lowest BCUT2D eigenvalue weighted by Gasteiger charge is -1.90. The van der Waals surface area contributed by atoms with Gasteiger partial charge in [-0.2, -0.15) is 0 Å². The molecule has 0 spiro atoms. The third-order valence-electron chi connectivity index (χ3n) is 0.643. The van der Waals surface area contributed by atoms with Crippen LogP contribution in [0.3, 0.4) is 0 Å². The molecule has 0 N–H and O–H groups in total. The summed E-state index contributed by atoms with van der Waals surface area (Å²) in [5.74, 6) is 1.03. The lowest BCUT2D eigenvalue weighted by atomic mass is 10.5. The van der Waals surface area contributed by atoms with Crippen LogP contribution in [0.4, 0.5) is 0 Å². The number of allylic oxidation sites excluding steroid dienone is 1. The number of hydrogen-bond donors (Lipinski definition) is 0. The van der Waals surface area contributed by atoms with Crippen molar-refractivity contribution in [3.05, 3.63) is 12.2 Å². The highest BCUT2D eigenvalue weighted by Crippen LogP contribution is 1.76. The number of ether oxygens (including phenoxy) is 1. The van der Waals surface area contributed by atoms with Crippen LogP contribution in [0.15, 0.2) is 12.2 Å². The predicted octanol–water partition coefficient (Wildman–Crippen LogP) is -0.0821. The van der Waals surface area contributed by atoms with Gasteiger partial charge in [0.15, 0.2) is 0 Å². The van der Waals surface area contributed by atoms with Gasteiger partial charge in [0.2, 0.25) is 0 Å². The lowest BCUT2D eigenvalue weighted by molar-refractivity contribution is -0.135. The molecule has 0 saturated heterocycles. The Morgan fingerprint density at radius 3 is 2.90 bits per heavy atom. The molecular weight excluding hydrogens is 132 g/mol. The molecule has 0 rings (SSSR count). The van der Waals surface area contributed by atoms with E-state index in [2.05, 4.69) is 11.2 Å². The maximum absolute atomic E-state index is 10.2. The van der Waals surface area contributed by atoms with Gasteiger partial charge in [-0.1, -0.05) is 0 Å². The third kappa shape index (κ3) is 4.60. The van der Waals surface area contributed by atoms with Gasteiger partial charge in [-0.15, -0.1) is 6.42 Å². The highest BCUT2D eigenvalue weighted by atomic mass is 16.5. The Hall–Kier alpha value is -1.56. The van der Waals surface area contributed by atoms with E-state index in [1.165, 1.54) is 12.2 Å². The number of carbonyl (C=O) groups excluding carboxylic acids is 2. The summed E-state index contributed by atoms with van der Waals surface area (Å²) in [6, 6.07) is 0. The fourth-order valence-corrected chi connectivity index (χ4v) is 0.277. The quantitative estimate of drug-likeness (QED) is 0.180. The molecule has 0 aliphatic heterocycles. The molecule has 52 valence electrons. The molecule has 0 bridgehead atoms. The van der Waals surface area contributed by atoms with Gasteiger partial charge in [0.1, 0.15) is 12.9 Å². The number of aldehydes is 1. The Balaban J connectivity index is 3.39. The van der Waals surface area contributed by atoms with E-state index in [0.717, 1.165) is 0 Å². The van der Waals surface area contributed by atoms with Gasteiger partial charge in [0.25, 0.3) is 0 Å². The van der Waals surface area contributed by atoms with E-state index >= 15 is 0 Å². The van der Waals surface area contributed by atoms with Crippen molar-refractivity contribution in [3.8, 4) is 12.3 Å². The second-order valence-corrected chi connectivity index (χ2v) is 1.31. The van der Waals surface area contributed by atoms with Crippen molar-refractivity contribution in [3.63, 3.8) is 0 Å². The van der Waals surface area contributed by atoms with Crippen LogP contribution >= 0.6 is 0 Å². The van der Waals surface area contributed by atoms with Gasteiger partial charge >= 0.3 is 5.97 Å². The number of esters is 1. The van der Waals surface area contributed by atoms with Crippen LogP contribution in [0, 0.1) is 12.3 Å². The first-order chi connectivity index (χ1) is 4.81. The van der Waals surface area contributed by atoms with Gasteiger partial charge in [-0.05, 0) is 12.2 Å². The Morgan fingerprint density at radius 1 is 1.70 bits per heavy atom. The van der Waals surface area contributed by atoms with E-state index in [-0.39, 0.29) is 6.61 Å². The van der Waals surface area contributed by atoms with Crippen molar-refractivity contribution < 1.29 is 14.3 Å². The molecule has 0 saturated carbocycles. The molecule has 3 heteroatoms. The SMILES string of the molecule is C#CC(=O)OC/C=C/C=O. The molecule has 0 aromatic carbocycles. The zero-order chi connectivity index (χ0) is 7.82. The van der Waals surface area contributed by atoms with E-state index in [0.29, 0.717) is 6.29 Å². The largest absolute Gasteiger partial charge is 0.452 e. The van der Waals surface area contributed by atoms with Crippen molar-refractivity contribution in [2.24, 2.45) is 0 Å². The molecule has 0 atom stereocenters. The highest BCUT2D eigenvalue weighted by molar-refractivity contribution is 5.87. The zero-order valence-electron chi connectivity index (χ0n) is 5.24. The summed E-state index contributed by atoms with van der Waals surface area (Å²) >= 11 is 0. The van der Waals surface area contributed by atoms with Gasteiger partial charge in [0, 0.05) is 5.92 Å². The smallest absolute Gasteiger partial charge is 0.384 e. The number of terminal acetylenes is 1. The monoisotopic (exact) mass is 138 g/mol. The minimum Gasteiger partial charge on any atom is -0.452 e. The first-order valence-electron chi connectivity index (χ1n) is 2.55. The van der Waals surface area contributed by atoms with E-state index in [1.807, 2.05) is 0 Å². The average molecular weight is 138 g/mol. The molecule has 0 fully saturated rings. The van der Waals surface area contributed by atoms with Gasteiger partial charge in [-0.25, -0.2) is 4.79 Å². The Bertz CT molecular complexity index is 186. The summed E-state index contributed by atoms with van der Waals surface area (Å²) < 4.78 is 4.37. The van der Waals surface area contributed by atoms with E-state index < -0.39 is 5.97 Å². The Morgan fingerprint density at radius 2 is 2.40 bits per heavy atom. The molecule has 0 aliphatic rings.